The molecule has 1 fully saturated rings. The van der Waals surface area contributed by atoms with Gasteiger partial charge in [0.25, 0.3) is 0 Å². The highest BCUT2D eigenvalue weighted by Crippen LogP contribution is 2.23. The number of nitrogens with one attached hydrogen (secondary N) is 3. The minimum atomic E-state index is 0.156. The van der Waals surface area contributed by atoms with Gasteiger partial charge in [0.1, 0.15) is 5.75 Å². The van der Waals surface area contributed by atoms with E-state index in [4.69, 9.17) is 4.98 Å². The van der Waals surface area contributed by atoms with Gasteiger partial charge in [0, 0.05) is 49.8 Å². The minimum absolute atomic E-state index is 0.156. The Hall–Kier alpha value is -2.96. The van der Waals surface area contributed by atoms with Crippen molar-refractivity contribution in [2.45, 2.75) is 32.4 Å². The largest absolute Gasteiger partial charge is 0.508 e. The second kappa shape index (κ2) is 9.45. The number of nitrogens with zero attached hydrogens (tertiary/aromatic N) is 2. The second-order valence-corrected chi connectivity index (χ2v) is 8.78. The molecule has 6 heteroatoms. The monoisotopic (exact) mass is 418 g/mol. The maximum Gasteiger partial charge on any atom is 0.389 e. The maximum absolute atomic E-state index is 9.40. The van der Waals surface area contributed by atoms with Crippen LogP contribution in [0.3, 0.4) is 0 Å². The van der Waals surface area contributed by atoms with Crippen LogP contribution >= 0.6 is 0 Å². The summed E-state index contributed by atoms with van der Waals surface area (Å²) in [6.07, 6.45) is 2.79. The second-order valence-electron chi connectivity index (χ2n) is 8.78. The lowest BCUT2D eigenvalue weighted by Gasteiger charge is -2.43. The number of aromatic nitrogens is 2. The molecule has 2 aromatic carbocycles. The number of aromatic amines is 1. The van der Waals surface area contributed by atoms with Crippen molar-refractivity contribution in [2.75, 3.05) is 31.5 Å². The van der Waals surface area contributed by atoms with E-state index in [1.165, 1.54) is 11.1 Å². The van der Waals surface area contributed by atoms with Crippen molar-refractivity contribution < 1.29 is 10.1 Å². The number of phenols is 1. The van der Waals surface area contributed by atoms with Gasteiger partial charge in [-0.25, -0.2) is 4.98 Å². The average Bonchev–Trinajstić information content (AvgIpc) is 2.77. The van der Waals surface area contributed by atoms with Crippen molar-refractivity contribution in [3.63, 3.8) is 0 Å². The maximum atomic E-state index is 9.40. The predicted molar refractivity (Wildman–Crippen MR) is 124 cm³/mol. The Balaban J connectivity index is 1.41. The van der Waals surface area contributed by atoms with Gasteiger partial charge in [-0.15, -0.1) is 0 Å². The van der Waals surface area contributed by atoms with Crippen LogP contribution in [0.2, 0.25) is 0 Å². The normalized spacial score (nSPS) is 16.2. The van der Waals surface area contributed by atoms with Crippen LogP contribution in [-0.2, 0) is 13.0 Å². The van der Waals surface area contributed by atoms with Gasteiger partial charge in [0.05, 0.1) is 12.7 Å². The Morgan fingerprint density at radius 2 is 1.97 bits per heavy atom. The number of benzene rings is 2. The molecule has 1 aliphatic rings. The molecule has 0 amide bonds. The first kappa shape index (κ1) is 21.3. The molecule has 4 N–H and O–H groups in total. The number of rotatable bonds is 7. The first-order chi connectivity index (χ1) is 15.0. The third-order valence-electron chi connectivity index (χ3n) is 5.90. The van der Waals surface area contributed by atoms with Crippen molar-refractivity contribution in [1.82, 2.24) is 15.2 Å². The summed E-state index contributed by atoms with van der Waals surface area (Å²) in [5, 5.41) is 16.3. The van der Waals surface area contributed by atoms with Gasteiger partial charge in [-0.1, -0.05) is 35.3 Å². The predicted octanol–water partition coefficient (Wildman–Crippen LogP) is 3.11. The van der Waals surface area contributed by atoms with Crippen LogP contribution in [0.5, 0.6) is 5.75 Å². The summed E-state index contributed by atoms with van der Waals surface area (Å²) >= 11 is 0. The van der Waals surface area contributed by atoms with Crippen LogP contribution in [0.1, 0.15) is 25.0 Å². The first-order valence-corrected chi connectivity index (χ1v) is 11.0. The minimum Gasteiger partial charge on any atom is -0.508 e. The summed E-state index contributed by atoms with van der Waals surface area (Å²) in [7, 11) is 0. The Kier molecular flexibility index (Phi) is 6.49. The molecule has 0 saturated carbocycles. The lowest BCUT2D eigenvalue weighted by Crippen LogP contribution is -2.57. The fourth-order valence-electron chi connectivity index (χ4n) is 3.99. The Labute approximate surface area is 184 Å². The molecular weight excluding hydrogens is 386 g/mol. The molecule has 0 bridgehead atoms. The summed E-state index contributed by atoms with van der Waals surface area (Å²) in [6.45, 7) is 9.42. The van der Waals surface area contributed by atoms with Crippen LogP contribution in [0.25, 0.3) is 11.3 Å². The molecule has 1 aliphatic heterocycles. The van der Waals surface area contributed by atoms with Gasteiger partial charge in [0.15, 0.2) is 5.69 Å². The van der Waals surface area contributed by atoms with Crippen LogP contribution in [0, 0.1) is 0 Å². The number of aromatic hydroxyl groups is 1. The standard InChI is InChI=1S/C25H31N5O/c1-25(2)18-26-14-15-30(25)17-20-4-3-5-21(16-20)23-11-13-28-24(29-23)27-12-10-19-6-8-22(31)9-7-19/h3-9,11,13,16,26,31H,10,12,14-15,17-18H2,1-2H3,(H,27,28,29)/p+1. The van der Waals surface area contributed by atoms with Crippen molar-refractivity contribution in [2.24, 2.45) is 0 Å². The molecule has 0 aliphatic carbocycles. The number of phenolic OH excluding ortho intramolecular Hbond substituents is 1. The molecule has 0 spiro atoms. The Bertz CT molecular complexity index is 1000. The van der Waals surface area contributed by atoms with E-state index in [0.717, 1.165) is 56.4 Å². The molecule has 0 atom stereocenters. The first-order valence-electron chi connectivity index (χ1n) is 11.0. The molecule has 162 valence electrons. The van der Waals surface area contributed by atoms with E-state index in [1.807, 2.05) is 24.4 Å². The van der Waals surface area contributed by atoms with E-state index in [9.17, 15) is 5.11 Å². The summed E-state index contributed by atoms with van der Waals surface area (Å²) in [5.41, 5.74) is 4.71. The van der Waals surface area contributed by atoms with Crippen molar-refractivity contribution >= 4 is 5.95 Å². The van der Waals surface area contributed by atoms with E-state index in [1.54, 1.807) is 12.1 Å². The van der Waals surface area contributed by atoms with Gasteiger partial charge in [0.2, 0.25) is 0 Å². The van der Waals surface area contributed by atoms with E-state index in [-0.39, 0.29) is 5.54 Å². The summed E-state index contributed by atoms with van der Waals surface area (Å²) in [4.78, 5) is 10.5. The fraction of sp³-hybridized carbons (Fsp3) is 0.360. The zero-order chi connectivity index (χ0) is 21.7. The van der Waals surface area contributed by atoms with Gasteiger partial charge < -0.3 is 10.4 Å². The fourth-order valence-corrected chi connectivity index (χ4v) is 3.99. The summed E-state index contributed by atoms with van der Waals surface area (Å²) in [6, 6.07) is 18.0. The zero-order valence-electron chi connectivity index (χ0n) is 18.4. The smallest absolute Gasteiger partial charge is 0.389 e. The molecular formula is C25H32N5O+. The molecule has 6 nitrogen and oxygen atoms in total. The number of H-pyrrole nitrogens is 1. The van der Waals surface area contributed by atoms with Gasteiger partial charge in [-0.3, -0.25) is 10.2 Å². The molecule has 1 saturated heterocycles. The number of piperazine rings is 1. The zero-order valence-corrected chi connectivity index (χ0v) is 18.4. The highest BCUT2D eigenvalue weighted by molar-refractivity contribution is 5.60. The van der Waals surface area contributed by atoms with Crippen molar-refractivity contribution in [1.29, 1.82) is 0 Å². The summed E-state index contributed by atoms with van der Waals surface area (Å²) < 4.78 is 0. The van der Waals surface area contributed by atoms with E-state index in [0.29, 0.717) is 5.75 Å². The Morgan fingerprint density at radius 1 is 1.13 bits per heavy atom. The Morgan fingerprint density at radius 3 is 2.77 bits per heavy atom. The van der Waals surface area contributed by atoms with Crippen LogP contribution in [0.4, 0.5) is 5.95 Å². The molecule has 0 radical (unpaired) electrons. The average molecular weight is 419 g/mol. The topological polar surface area (TPSA) is 74.6 Å². The molecule has 31 heavy (non-hydrogen) atoms. The molecule has 4 rings (SSSR count). The number of anilines is 1. The van der Waals surface area contributed by atoms with Crippen molar-refractivity contribution in [3.8, 4) is 17.0 Å². The van der Waals surface area contributed by atoms with Crippen molar-refractivity contribution in [3.05, 3.63) is 71.9 Å². The van der Waals surface area contributed by atoms with E-state index in [2.05, 4.69) is 58.6 Å². The highest BCUT2D eigenvalue weighted by atomic mass is 16.3. The quantitative estimate of drug-likeness (QED) is 0.550. The SMILES string of the molecule is CC1(C)CNCCN1Cc1cccc(-c2cc[nH+]c(NCCc3ccc(O)cc3)n2)c1. The molecule has 2 heterocycles. The summed E-state index contributed by atoms with van der Waals surface area (Å²) in [5.74, 6) is 1.05. The van der Waals surface area contributed by atoms with Gasteiger partial charge >= 0.3 is 5.95 Å². The number of hydrogen-bond donors (Lipinski definition) is 3. The lowest BCUT2D eigenvalue weighted by atomic mass is 9.98. The van der Waals surface area contributed by atoms with Gasteiger partial charge in [-0.2, -0.15) is 0 Å². The van der Waals surface area contributed by atoms with Crippen LogP contribution < -0.4 is 15.6 Å². The lowest BCUT2D eigenvalue weighted by molar-refractivity contribution is -0.365. The molecule has 3 aromatic rings. The van der Waals surface area contributed by atoms with Crippen LogP contribution in [-0.4, -0.2) is 46.7 Å². The van der Waals surface area contributed by atoms with Gasteiger partial charge in [-0.05, 0) is 43.2 Å². The third kappa shape index (κ3) is 5.60. The number of hydrogen-bond acceptors (Lipinski definition) is 5. The molecule has 0 unspecified atom stereocenters. The van der Waals surface area contributed by atoms with E-state index < -0.39 is 0 Å². The third-order valence-corrected chi connectivity index (χ3v) is 5.90. The van der Waals surface area contributed by atoms with Crippen LogP contribution in [0.15, 0.2) is 60.8 Å². The molecule has 1 aromatic heterocycles. The van der Waals surface area contributed by atoms with E-state index >= 15 is 0 Å². The highest BCUT2D eigenvalue weighted by Gasteiger charge is 2.29.